The molecule has 0 saturated carbocycles. The van der Waals surface area contributed by atoms with E-state index in [9.17, 15) is 8.42 Å². The van der Waals surface area contributed by atoms with Gasteiger partial charge in [-0.2, -0.15) is 11.3 Å². The van der Waals surface area contributed by atoms with Crippen molar-refractivity contribution in [1.82, 2.24) is 10.0 Å². The minimum atomic E-state index is -3.40. The Hall–Kier alpha value is -0.730. The maximum absolute atomic E-state index is 12.3. The van der Waals surface area contributed by atoms with E-state index in [0.717, 1.165) is 35.5 Å². The molecule has 0 spiro atoms. The Morgan fingerprint density at radius 3 is 2.81 bits per heavy atom. The highest BCUT2D eigenvalue weighted by molar-refractivity contribution is 7.91. The van der Waals surface area contributed by atoms with Gasteiger partial charge in [0, 0.05) is 18.0 Å². The fraction of sp³-hybridized carbons (Fsp3) is 0.429. The van der Waals surface area contributed by atoms with Gasteiger partial charge in [0.1, 0.15) is 4.21 Å². The van der Waals surface area contributed by atoms with Crippen molar-refractivity contribution in [1.29, 1.82) is 0 Å². The quantitative estimate of drug-likeness (QED) is 0.774. The van der Waals surface area contributed by atoms with Crippen LogP contribution in [0.1, 0.15) is 22.9 Å². The van der Waals surface area contributed by atoms with Crippen LogP contribution in [0.5, 0.6) is 0 Å². The SMILES string of the molecule is CCNCc1sc(S(=O)(=O)NCCc2ccsc2)cc1C. The van der Waals surface area contributed by atoms with Crippen LogP contribution in [0.3, 0.4) is 0 Å². The van der Waals surface area contributed by atoms with E-state index in [0.29, 0.717) is 10.8 Å². The summed E-state index contributed by atoms with van der Waals surface area (Å²) >= 11 is 2.97. The van der Waals surface area contributed by atoms with Crippen LogP contribution in [0, 0.1) is 6.92 Å². The number of rotatable bonds is 8. The third-order valence-corrected chi connectivity index (χ3v) is 6.99. The van der Waals surface area contributed by atoms with Gasteiger partial charge < -0.3 is 5.32 Å². The van der Waals surface area contributed by atoms with E-state index in [2.05, 4.69) is 10.0 Å². The molecule has 0 saturated heterocycles. The molecular formula is C14H20N2O2S3. The van der Waals surface area contributed by atoms with Crippen LogP contribution >= 0.6 is 22.7 Å². The summed E-state index contributed by atoms with van der Waals surface area (Å²) in [5.74, 6) is 0. The molecule has 116 valence electrons. The first-order chi connectivity index (χ1) is 10.0. The smallest absolute Gasteiger partial charge is 0.250 e. The van der Waals surface area contributed by atoms with E-state index in [1.165, 1.54) is 11.3 Å². The molecule has 2 heterocycles. The molecule has 0 fully saturated rings. The summed E-state index contributed by atoms with van der Waals surface area (Å²) in [5, 5.41) is 7.27. The molecule has 0 atom stereocenters. The minimum Gasteiger partial charge on any atom is -0.312 e. The van der Waals surface area contributed by atoms with E-state index in [4.69, 9.17) is 0 Å². The summed E-state index contributed by atoms with van der Waals surface area (Å²) in [7, 11) is -3.40. The number of aryl methyl sites for hydroxylation is 1. The third kappa shape index (κ3) is 4.62. The lowest BCUT2D eigenvalue weighted by Crippen LogP contribution is -2.25. The molecule has 0 aromatic carbocycles. The number of hydrogen-bond acceptors (Lipinski definition) is 5. The molecule has 0 bridgehead atoms. The van der Waals surface area contributed by atoms with Gasteiger partial charge in [-0.1, -0.05) is 6.92 Å². The van der Waals surface area contributed by atoms with Crippen LogP contribution < -0.4 is 10.0 Å². The second kappa shape index (κ2) is 7.51. The molecule has 4 nitrogen and oxygen atoms in total. The molecule has 2 aromatic heterocycles. The lowest BCUT2D eigenvalue weighted by atomic mass is 10.2. The normalized spacial score (nSPS) is 11.9. The lowest BCUT2D eigenvalue weighted by Gasteiger charge is -2.03. The van der Waals surface area contributed by atoms with Crippen LogP contribution in [0.4, 0.5) is 0 Å². The van der Waals surface area contributed by atoms with Crippen molar-refractivity contribution in [2.45, 2.75) is 31.0 Å². The van der Waals surface area contributed by atoms with Crippen LogP contribution in [-0.4, -0.2) is 21.5 Å². The standard InChI is InChI=1S/C14H20N2O2S3/c1-3-15-9-13-11(2)8-14(20-13)21(17,18)16-6-4-12-5-7-19-10-12/h5,7-8,10,15-16H,3-4,6,9H2,1-2H3. The molecule has 2 N–H and O–H groups in total. The maximum atomic E-state index is 12.3. The zero-order chi connectivity index (χ0) is 15.3. The lowest BCUT2D eigenvalue weighted by molar-refractivity contribution is 0.584. The molecule has 0 aliphatic carbocycles. The van der Waals surface area contributed by atoms with Crippen molar-refractivity contribution >= 4 is 32.7 Å². The van der Waals surface area contributed by atoms with Crippen LogP contribution in [0.2, 0.25) is 0 Å². The Kier molecular flexibility index (Phi) is 5.95. The van der Waals surface area contributed by atoms with Gasteiger partial charge in [-0.3, -0.25) is 0 Å². The van der Waals surface area contributed by atoms with Gasteiger partial charge >= 0.3 is 0 Å². The number of hydrogen-bond donors (Lipinski definition) is 2. The molecule has 7 heteroatoms. The summed E-state index contributed by atoms with van der Waals surface area (Å²) in [6.07, 6.45) is 0.720. The Labute approximate surface area is 134 Å². The predicted molar refractivity (Wildman–Crippen MR) is 89.6 cm³/mol. The summed E-state index contributed by atoms with van der Waals surface area (Å²) in [6.45, 7) is 6.01. The number of thiophene rings is 2. The highest BCUT2D eigenvalue weighted by atomic mass is 32.2. The molecule has 21 heavy (non-hydrogen) atoms. The largest absolute Gasteiger partial charge is 0.312 e. The molecule has 2 aromatic rings. The van der Waals surface area contributed by atoms with Crippen molar-refractivity contribution < 1.29 is 8.42 Å². The highest BCUT2D eigenvalue weighted by Gasteiger charge is 2.18. The van der Waals surface area contributed by atoms with Crippen molar-refractivity contribution in [3.8, 4) is 0 Å². The van der Waals surface area contributed by atoms with Crippen LogP contribution in [0.25, 0.3) is 0 Å². The zero-order valence-corrected chi connectivity index (χ0v) is 14.6. The fourth-order valence-corrected chi connectivity index (χ4v) is 5.21. The van der Waals surface area contributed by atoms with Crippen molar-refractivity contribution in [2.75, 3.05) is 13.1 Å². The van der Waals surface area contributed by atoms with Gasteiger partial charge in [0.2, 0.25) is 10.0 Å². The molecule has 0 unspecified atom stereocenters. The molecule has 0 radical (unpaired) electrons. The molecular weight excluding hydrogens is 324 g/mol. The first-order valence-electron chi connectivity index (χ1n) is 6.83. The Balaban J connectivity index is 1.98. The van der Waals surface area contributed by atoms with Gasteiger partial charge in [0.15, 0.2) is 0 Å². The minimum absolute atomic E-state index is 0.401. The van der Waals surface area contributed by atoms with Gasteiger partial charge in [-0.25, -0.2) is 13.1 Å². The van der Waals surface area contributed by atoms with E-state index in [1.54, 1.807) is 17.4 Å². The Morgan fingerprint density at radius 2 is 2.14 bits per heavy atom. The van der Waals surface area contributed by atoms with Crippen molar-refractivity contribution in [3.63, 3.8) is 0 Å². The predicted octanol–water partition coefficient (Wildman–Crippen LogP) is 2.75. The molecule has 2 rings (SSSR count). The van der Waals surface area contributed by atoms with Crippen molar-refractivity contribution in [3.05, 3.63) is 38.9 Å². The molecule has 0 amide bonds. The molecule has 0 aliphatic heterocycles. The second-order valence-electron chi connectivity index (χ2n) is 4.73. The number of sulfonamides is 1. The monoisotopic (exact) mass is 344 g/mol. The van der Waals surface area contributed by atoms with Crippen LogP contribution in [0.15, 0.2) is 27.1 Å². The fourth-order valence-electron chi connectivity index (χ4n) is 1.87. The van der Waals surface area contributed by atoms with E-state index < -0.39 is 10.0 Å². The number of nitrogens with one attached hydrogen (secondary N) is 2. The van der Waals surface area contributed by atoms with Gasteiger partial charge in [-0.15, -0.1) is 11.3 Å². The second-order valence-corrected chi connectivity index (χ2v) is 8.64. The Morgan fingerprint density at radius 1 is 1.33 bits per heavy atom. The maximum Gasteiger partial charge on any atom is 0.250 e. The highest BCUT2D eigenvalue weighted by Crippen LogP contribution is 2.25. The zero-order valence-electron chi connectivity index (χ0n) is 12.2. The average molecular weight is 345 g/mol. The summed E-state index contributed by atoms with van der Waals surface area (Å²) in [4.78, 5) is 1.08. The van der Waals surface area contributed by atoms with Gasteiger partial charge in [-0.05, 0) is 53.9 Å². The van der Waals surface area contributed by atoms with E-state index in [1.807, 2.05) is 30.7 Å². The molecule has 0 aliphatic rings. The van der Waals surface area contributed by atoms with Crippen molar-refractivity contribution in [2.24, 2.45) is 0 Å². The topological polar surface area (TPSA) is 58.2 Å². The van der Waals surface area contributed by atoms with Gasteiger partial charge in [0.05, 0.1) is 0 Å². The average Bonchev–Trinajstić information content (AvgIpc) is 3.06. The first-order valence-corrected chi connectivity index (χ1v) is 10.1. The summed E-state index contributed by atoms with van der Waals surface area (Å²) in [6, 6.07) is 3.77. The van der Waals surface area contributed by atoms with Gasteiger partial charge in [0.25, 0.3) is 0 Å². The third-order valence-electron chi connectivity index (χ3n) is 3.08. The Bertz CT molecular complexity index is 660. The van der Waals surface area contributed by atoms with Crippen LogP contribution in [-0.2, 0) is 23.0 Å². The van der Waals surface area contributed by atoms with E-state index >= 15 is 0 Å². The van der Waals surface area contributed by atoms with E-state index in [-0.39, 0.29) is 0 Å². The summed E-state index contributed by atoms with van der Waals surface area (Å²) < 4.78 is 27.6. The first kappa shape index (κ1) is 16.6. The summed E-state index contributed by atoms with van der Waals surface area (Å²) in [5.41, 5.74) is 2.19.